The van der Waals surface area contributed by atoms with E-state index in [0.717, 1.165) is 22.6 Å². The number of hydrogen-bond acceptors (Lipinski definition) is 6. The third-order valence-corrected chi connectivity index (χ3v) is 8.30. The lowest BCUT2D eigenvalue weighted by Gasteiger charge is -2.27. The van der Waals surface area contributed by atoms with Crippen molar-refractivity contribution in [2.75, 3.05) is 39.2 Å². The van der Waals surface area contributed by atoms with E-state index in [1.54, 1.807) is 11.8 Å². The van der Waals surface area contributed by atoms with Crippen molar-refractivity contribution in [1.29, 1.82) is 0 Å². The lowest BCUT2D eigenvalue weighted by molar-refractivity contribution is 0.0730. The zero-order chi connectivity index (χ0) is 21.1. The van der Waals surface area contributed by atoms with Crippen LogP contribution in [0.3, 0.4) is 0 Å². The van der Waals surface area contributed by atoms with E-state index in [4.69, 9.17) is 9.47 Å². The number of morpholine rings is 1. The Labute approximate surface area is 180 Å². The number of nitrogens with zero attached hydrogens (tertiary/aromatic N) is 1. The van der Waals surface area contributed by atoms with Crippen LogP contribution in [0.1, 0.15) is 28.4 Å². The van der Waals surface area contributed by atoms with Crippen LogP contribution in [0.2, 0.25) is 0 Å². The highest BCUT2D eigenvalue weighted by Gasteiger charge is 2.29. The van der Waals surface area contributed by atoms with Crippen LogP contribution < -0.4 is 10.1 Å². The number of fused-ring (bicyclic) bond motifs is 1. The van der Waals surface area contributed by atoms with Gasteiger partial charge in [-0.25, -0.2) is 8.42 Å². The summed E-state index contributed by atoms with van der Waals surface area (Å²) in [7, 11) is -2.24. The molecule has 1 atom stereocenters. The summed E-state index contributed by atoms with van der Waals surface area (Å²) in [4.78, 5) is 14.4. The fraction of sp³-hybridized carbons (Fsp3) is 0.381. The van der Waals surface area contributed by atoms with Crippen molar-refractivity contribution < 1.29 is 22.7 Å². The van der Waals surface area contributed by atoms with E-state index in [2.05, 4.69) is 11.4 Å². The molecule has 160 valence electrons. The number of hydrogen-bond donors (Lipinski definition) is 1. The molecule has 1 N–H and O–H groups in total. The maximum absolute atomic E-state index is 13.1. The maximum Gasteiger partial charge on any atom is 0.255 e. The molecule has 2 aliphatic heterocycles. The van der Waals surface area contributed by atoms with Gasteiger partial charge in [0.2, 0.25) is 10.0 Å². The summed E-state index contributed by atoms with van der Waals surface area (Å²) in [5.74, 6) is 0.898. The van der Waals surface area contributed by atoms with Gasteiger partial charge in [0, 0.05) is 23.7 Å². The average Bonchev–Trinajstić information content (AvgIpc) is 2.79. The molecule has 2 heterocycles. The molecule has 9 heteroatoms. The standard InChI is InChI=1S/C21H24N2O5S2/c1-27-19-7-6-15(30(25,26)23-9-11-28-12-10-23)14-17(19)21(24)22-18-8-13-29-20-5-3-2-4-16(18)20/h2-7,14,18H,8-13H2,1H3,(H,22,24)/t18-/m0/s1. The molecule has 30 heavy (non-hydrogen) atoms. The van der Waals surface area contributed by atoms with Gasteiger partial charge in [-0.05, 0) is 36.2 Å². The third-order valence-electron chi connectivity index (χ3n) is 5.29. The smallest absolute Gasteiger partial charge is 0.255 e. The molecular weight excluding hydrogens is 424 g/mol. The number of carbonyl (C=O) groups excluding carboxylic acids is 1. The van der Waals surface area contributed by atoms with Gasteiger partial charge in [-0.15, -0.1) is 11.8 Å². The molecule has 0 saturated carbocycles. The molecule has 0 bridgehead atoms. The molecule has 2 aromatic rings. The molecule has 0 unspecified atom stereocenters. The lowest BCUT2D eigenvalue weighted by atomic mass is 10.0. The van der Waals surface area contributed by atoms with Crippen molar-refractivity contribution >= 4 is 27.7 Å². The highest BCUT2D eigenvalue weighted by Crippen LogP contribution is 2.36. The first kappa shape index (κ1) is 21.2. The number of carbonyl (C=O) groups is 1. The van der Waals surface area contributed by atoms with Crippen LogP contribution in [0.4, 0.5) is 0 Å². The molecular formula is C21H24N2O5S2. The van der Waals surface area contributed by atoms with Crippen molar-refractivity contribution in [3.8, 4) is 5.75 Å². The Morgan fingerprint density at radius 2 is 1.97 bits per heavy atom. The van der Waals surface area contributed by atoms with Gasteiger partial charge in [0.05, 0.1) is 36.8 Å². The van der Waals surface area contributed by atoms with Gasteiger partial charge in [-0.3, -0.25) is 4.79 Å². The molecule has 0 spiro atoms. The first-order valence-corrected chi connectivity index (χ1v) is 12.2. The minimum absolute atomic E-state index is 0.0787. The molecule has 1 fully saturated rings. The summed E-state index contributed by atoms with van der Waals surface area (Å²) in [5.41, 5.74) is 1.29. The van der Waals surface area contributed by atoms with Gasteiger partial charge in [-0.1, -0.05) is 18.2 Å². The lowest BCUT2D eigenvalue weighted by Crippen LogP contribution is -2.40. The van der Waals surface area contributed by atoms with E-state index < -0.39 is 10.0 Å². The first-order valence-electron chi connectivity index (χ1n) is 9.79. The topological polar surface area (TPSA) is 84.9 Å². The van der Waals surface area contributed by atoms with Gasteiger partial charge in [0.25, 0.3) is 5.91 Å². The predicted molar refractivity (Wildman–Crippen MR) is 115 cm³/mol. The van der Waals surface area contributed by atoms with E-state index in [-0.39, 0.29) is 22.4 Å². The van der Waals surface area contributed by atoms with Crippen LogP contribution in [-0.4, -0.2) is 57.8 Å². The molecule has 4 rings (SSSR count). The Balaban J connectivity index is 1.62. The van der Waals surface area contributed by atoms with Crippen molar-refractivity contribution in [3.63, 3.8) is 0 Å². The number of nitrogens with one attached hydrogen (secondary N) is 1. The van der Waals surface area contributed by atoms with Gasteiger partial charge in [0.15, 0.2) is 0 Å². The summed E-state index contributed by atoms with van der Waals surface area (Å²) < 4.78 is 38.0. The van der Waals surface area contributed by atoms with Gasteiger partial charge in [-0.2, -0.15) is 4.31 Å². The van der Waals surface area contributed by atoms with Crippen LogP contribution >= 0.6 is 11.8 Å². The van der Waals surface area contributed by atoms with Crippen LogP contribution in [0.5, 0.6) is 5.75 Å². The molecule has 0 aromatic heterocycles. The molecule has 1 saturated heterocycles. The van der Waals surface area contributed by atoms with Crippen LogP contribution in [0.15, 0.2) is 52.3 Å². The number of amides is 1. The van der Waals surface area contributed by atoms with Crippen molar-refractivity contribution in [1.82, 2.24) is 9.62 Å². The summed E-state index contributed by atoms with van der Waals surface area (Å²) in [5, 5.41) is 3.06. The normalized spacial score (nSPS) is 19.7. The predicted octanol–water partition coefficient (Wildman–Crippen LogP) is 2.68. The Morgan fingerprint density at radius 1 is 1.20 bits per heavy atom. The fourth-order valence-corrected chi connectivity index (χ4v) is 6.25. The first-order chi connectivity index (χ1) is 14.5. The molecule has 2 aliphatic rings. The zero-order valence-electron chi connectivity index (χ0n) is 16.7. The fourth-order valence-electron chi connectivity index (χ4n) is 3.69. The van der Waals surface area contributed by atoms with Crippen LogP contribution in [-0.2, 0) is 14.8 Å². The van der Waals surface area contributed by atoms with Gasteiger partial charge in [0.1, 0.15) is 5.75 Å². The minimum atomic E-state index is -3.71. The monoisotopic (exact) mass is 448 g/mol. The Hall–Kier alpha value is -2.07. The number of methoxy groups -OCH3 is 1. The Morgan fingerprint density at radius 3 is 2.73 bits per heavy atom. The van der Waals surface area contributed by atoms with E-state index in [0.29, 0.717) is 32.1 Å². The van der Waals surface area contributed by atoms with Crippen molar-refractivity contribution in [2.24, 2.45) is 0 Å². The number of sulfonamides is 1. The van der Waals surface area contributed by atoms with Gasteiger partial charge < -0.3 is 14.8 Å². The van der Waals surface area contributed by atoms with Crippen molar-refractivity contribution in [3.05, 3.63) is 53.6 Å². The minimum Gasteiger partial charge on any atom is -0.496 e. The number of thioether (sulfide) groups is 1. The summed E-state index contributed by atoms with van der Waals surface area (Å²) in [6.45, 7) is 1.32. The number of ether oxygens (including phenoxy) is 2. The summed E-state index contributed by atoms with van der Waals surface area (Å²) in [6.07, 6.45) is 0.807. The molecule has 0 radical (unpaired) electrons. The van der Waals surface area contributed by atoms with E-state index in [9.17, 15) is 13.2 Å². The Bertz CT molecular complexity index is 1040. The number of benzene rings is 2. The highest BCUT2D eigenvalue weighted by molar-refractivity contribution is 7.99. The van der Waals surface area contributed by atoms with Crippen molar-refractivity contribution in [2.45, 2.75) is 22.3 Å². The molecule has 1 amide bonds. The second-order valence-corrected chi connectivity index (χ2v) is 10.2. The SMILES string of the molecule is COc1ccc(S(=O)(=O)N2CCOCC2)cc1C(=O)N[C@H]1CCSc2ccccc21. The summed E-state index contributed by atoms with van der Waals surface area (Å²) >= 11 is 1.77. The molecule has 0 aliphatic carbocycles. The van der Waals surface area contributed by atoms with Crippen LogP contribution in [0.25, 0.3) is 0 Å². The quantitative estimate of drug-likeness (QED) is 0.757. The zero-order valence-corrected chi connectivity index (χ0v) is 18.3. The summed E-state index contributed by atoms with van der Waals surface area (Å²) in [6, 6.07) is 12.3. The highest BCUT2D eigenvalue weighted by atomic mass is 32.2. The molecule has 7 nitrogen and oxygen atoms in total. The third kappa shape index (κ3) is 4.20. The second kappa shape index (κ2) is 8.97. The average molecular weight is 449 g/mol. The Kier molecular flexibility index (Phi) is 6.33. The number of rotatable bonds is 5. The van der Waals surface area contributed by atoms with Gasteiger partial charge >= 0.3 is 0 Å². The second-order valence-electron chi connectivity index (χ2n) is 7.08. The van der Waals surface area contributed by atoms with Crippen LogP contribution in [0, 0.1) is 0 Å². The van der Waals surface area contributed by atoms with E-state index >= 15 is 0 Å². The van der Waals surface area contributed by atoms with E-state index in [1.807, 2.05) is 18.2 Å². The largest absolute Gasteiger partial charge is 0.496 e. The maximum atomic E-state index is 13.1. The molecule has 2 aromatic carbocycles. The van der Waals surface area contributed by atoms with E-state index in [1.165, 1.54) is 29.6 Å².